The molecule has 7 nitrogen and oxygen atoms in total. The van der Waals surface area contributed by atoms with Gasteiger partial charge in [-0.2, -0.15) is 11.3 Å². The van der Waals surface area contributed by atoms with Crippen molar-refractivity contribution < 1.29 is 19.2 Å². The Labute approximate surface area is 158 Å². The minimum atomic E-state index is -0.757. The highest BCUT2D eigenvalue weighted by Gasteiger charge is 2.18. The van der Waals surface area contributed by atoms with E-state index in [2.05, 4.69) is 10.1 Å². The molecular weight excluding hydrogens is 368 g/mol. The van der Waals surface area contributed by atoms with E-state index in [9.17, 15) is 19.7 Å². The Morgan fingerprint density at radius 3 is 2.52 bits per heavy atom. The Morgan fingerprint density at radius 2 is 1.85 bits per heavy atom. The molecule has 3 aromatic rings. The van der Waals surface area contributed by atoms with Gasteiger partial charge in [0, 0.05) is 23.4 Å². The molecule has 0 unspecified atom stereocenters. The number of rotatable bonds is 5. The van der Waals surface area contributed by atoms with Gasteiger partial charge >= 0.3 is 5.97 Å². The third-order valence-corrected chi connectivity index (χ3v) is 4.47. The van der Waals surface area contributed by atoms with Crippen LogP contribution in [-0.2, 0) is 4.74 Å². The van der Waals surface area contributed by atoms with Crippen molar-refractivity contribution in [3.8, 4) is 11.1 Å². The second kappa shape index (κ2) is 7.79. The van der Waals surface area contributed by atoms with Gasteiger partial charge in [0.15, 0.2) is 0 Å². The molecule has 136 valence electrons. The van der Waals surface area contributed by atoms with Crippen LogP contribution >= 0.6 is 11.3 Å². The number of non-ortho nitro benzene ring substituents is 1. The molecule has 1 aromatic heterocycles. The largest absolute Gasteiger partial charge is 0.465 e. The van der Waals surface area contributed by atoms with E-state index in [1.807, 2.05) is 22.9 Å². The van der Waals surface area contributed by atoms with Crippen LogP contribution < -0.4 is 5.32 Å². The van der Waals surface area contributed by atoms with Crippen molar-refractivity contribution in [2.75, 3.05) is 12.4 Å². The number of nitrogens with one attached hydrogen (secondary N) is 1. The second-order valence-corrected chi connectivity index (χ2v) is 6.34. The average molecular weight is 382 g/mol. The van der Waals surface area contributed by atoms with Gasteiger partial charge in [-0.05, 0) is 46.2 Å². The first-order valence-electron chi connectivity index (χ1n) is 7.79. The quantitative estimate of drug-likeness (QED) is 0.401. The molecule has 27 heavy (non-hydrogen) atoms. The van der Waals surface area contributed by atoms with E-state index < -0.39 is 16.8 Å². The van der Waals surface area contributed by atoms with Crippen LogP contribution in [-0.4, -0.2) is 23.9 Å². The van der Waals surface area contributed by atoms with Crippen LogP contribution in [0.25, 0.3) is 11.1 Å². The number of ether oxygens (including phenoxy) is 1. The standard InChI is InChI=1S/C19H14N2O5S/c1-26-19(23)15-7-14(9-17(10-15)21(24)25)18(22)20-16-4-2-3-12(8-16)13-5-6-27-11-13/h2-11H,1H3,(H,20,22). The van der Waals surface area contributed by atoms with Gasteiger partial charge in [0.1, 0.15) is 0 Å². The molecule has 0 radical (unpaired) electrons. The van der Waals surface area contributed by atoms with Crippen molar-refractivity contribution in [2.24, 2.45) is 0 Å². The van der Waals surface area contributed by atoms with E-state index in [-0.39, 0.29) is 16.8 Å². The lowest BCUT2D eigenvalue weighted by atomic mass is 10.1. The third kappa shape index (κ3) is 4.18. The summed E-state index contributed by atoms with van der Waals surface area (Å²) in [7, 11) is 1.16. The molecule has 1 amide bonds. The number of amides is 1. The van der Waals surface area contributed by atoms with E-state index in [1.54, 1.807) is 29.5 Å². The Hall–Kier alpha value is -3.52. The van der Waals surface area contributed by atoms with Gasteiger partial charge in [-0.3, -0.25) is 14.9 Å². The van der Waals surface area contributed by atoms with Crippen molar-refractivity contribution in [2.45, 2.75) is 0 Å². The number of thiophene rings is 1. The van der Waals surface area contributed by atoms with Gasteiger partial charge in [0.2, 0.25) is 0 Å². The number of benzene rings is 2. The Morgan fingerprint density at radius 1 is 1.07 bits per heavy atom. The normalized spacial score (nSPS) is 10.3. The fourth-order valence-corrected chi connectivity index (χ4v) is 3.16. The van der Waals surface area contributed by atoms with Gasteiger partial charge in [-0.25, -0.2) is 4.79 Å². The number of carbonyl (C=O) groups excluding carboxylic acids is 2. The lowest BCUT2D eigenvalue weighted by Gasteiger charge is -2.08. The molecule has 0 spiro atoms. The summed E-state index contributed by atoms with van der Waals surface area (Å²) in [5.74, 6) is -1.32. The average Bonchev–Trinajstić information content (AvgIpc) is 3.22. The van der Waals surface area contributed by atoms with Crippen LogP contribution in [0.3, 0.4) is 0 Å². The lowest BCUT2D eigenvalue weighted by Crippen LogP contribution is -2.14. The fourth-order valence-electron chi connectivity index (χ4n) is 2.49. The number of nitrogens with zero attached hydrogens (tertiary/aromatic N) is 1. The zero-order valence-electron chi connectivity index (χ0n) is 14.2. The van der Waals surface area contributed by atoms with Crippen molar-refractivity contribution in [1.82, 2.24) is 0 Å². The number of esters is 1. The first kappa shape index (κ1) is 18.3. The molecule has 1 N–H and O–H groups in total. The van der Waals surface area contributed by atoms with E-state index in [4.69, 9.17) is 0 Å². The first-order valence-corrected chi connectivity index (χ1v) is 8.74. The molecule has 1 heterocycles. The molecule has 0 aliphatic heterocycles. The molecule has 2 aromatic carbocycles. The van der Waals surface area contributed by atoms with Crippen molar-refractivity contribution in [1.29, 1.82) is 0 Å². The van der Waals surface area contributed by atoms with Gasteiger partial charge in [0.05, 0.1) is 17.6 Å². The van der Waals surface area contributed by atoms with Crippen LogP contribution in [0.2, 0.25) is 0 Å². The van der Waals surface area contributed by atoms with Crippen LogP contribution in [0.15, 0.2) is 59.3 Å². The number of nitro groups is 1. The molecule has 0 aliphatic carbocycles. The monoisotopic (exact) mass is 382 g/mol. The summed E-state index contributed by atoms with van der Waals surface area (Å²) in [6.07, 6.45) is 0. The van der Waals surface area contributed by atoms with E-state index >= 15 is 0 Å². The van der Waals surface area contributed by atoms with Gasteiger partial charge in [-0.1, -0.05) is 12.1 Å². The Kier molecular flexibility index (Phi) is 5.28. The summed E-state index contributed by atoms with van der Waals surface area (Å²) in [5.41, 5.74) is 2.06. The summed E-state index contributed by atoms with van der Waals surface area (Å²) in [6, 6.07) is 12.7. The lowest BCUT2D eigenvalue weighted by molar-refractivity contribution is -0.384. The van der Waals surface area contributed by atoms with Gasteiger partial charge < -0.3 is 10.1 Å². The minimum absolute atomic E-state index is 0.00876. The van der Waals surface area contributed by atoms with Crippen LogP contribution in [0.5, 0.6) is 0 Å². The number of nitro benzene ring substituents is 1. The Balaban J connectivity index is 1.90. The summed E-state index contributed by atoms with van der Waals surface area (Å²) in [6.45, 7) is 0. The van der Waals surface area contributed by atoms with E-state index in [0.29, 0.717) is 5.69 Å². The summed E-state index contributed by atoms with van der Waals surface area (Å²) in [5, 5.41) is 17.7. The maximum absolute atomic E-state index is 12.6. The van der Waals surface area contributed by atoms with Gasteiger partial charge in [0.25, 0.3) is 11.6 Å². The SMILES string of the molecule is COC(=O)c1cc(C(=O)Nc2cccc(-c3ccsc3)c2)cc([N+](=O)[O-])c1. The first-order chi connectivity index (χ1) is 13.0. The maximum Gasteiger partial charge on any atom is 0.338 e. The Bertz CT molecular complexity index is 1010. The molecule has 0 saturated heterocycles. The van der Waals surface area contributed by atoms with Gasteiger partial charge in [-0.15, -0.1) is 0 Å². The second-order valence-electron chi connectivity index (χ2n) is 5.56. The minimum Gasteiger partial charge on any atom is -0.465 e. The predicted octanol–water partition coefficient (Wildman–Crippen LogP) is 4.36. The zero-order chi connectivity index (χ0) is 19.4. The molecule has 8 heteroatoms. The number of methoxy groups -OCH3 is 1. The van der Waals surface area contributed by atoms with Crippen molar-refractivity contribution in [3.05, 3.63) is 80.5 Å². The van der Waals surface area contributed by atoms with Crippen molar-refractivity contribution in [3.63, 3.8) is 0 Å². The highest BCUT2D eigenvalue weighted by molar-refractivity contribution is 7.08. The zero-order valence-corrected chi connectivity index (χ0v) is 15.0. The highest BCUT2D eigenvalue weighted by atomic mass is 32.1. The number of hydrogen-bond acceptors (Lipinski definition) is 6. The van der Waals surface area contributed by atoms with Crippen LogP contribution in [0.1, 0.15) is 20.7 Å². The number of anilines is 1. The molecule has 3 rings (SSSR count). The van der Waals surface area contributed by atoms with Crippen molar-refractivity contribution >= 4 is 34.6 Å². The third-order valence-electron chi connectivity index (χ3n) is 3.79. The molecule has 0 saturated carbocycles. The molecule has 0 bridgehead atoms. The smallest absolute Gasteiger partial charge is 0.338 e. The highest BCUT2D eigenvalue weighted by Crippen LogP contribution is 2.25. The number of hydrogen-bond donors (Lipinski definition) is 1. The summed E-state index contributed by atoms with van der Waals surface area (Å²) < 4.78 is 4.59. The summed E-state index contributed by atoms with van der Waals surface area (Å²) >= 11 is 1.57. The van der Waals surface area contributed by atoms with Crippen LogP contribution in [0, 0.1) is 10.1 Å². The maximum atomic E-state index is 12.6. The topological polar surface area (TPSA) is 98.5 Å². The summed E-state index contributed by atoms with van der Waals surface area (Å²) in [4.78, 5) is 34.7. The molecule has 0 aliphatic rings. The fraction of sp³-hybridized carbons (Fsp3) is 0.0526. The molecule has 0 fully saturated rings. The predicted molar refractivity (Wildman–Crippen MR) is 102 cm³/mol. The van der Waals surface area contributed by atoms with Crippen LogP contribution in [0.4, 0.5) is 11.4 Å². The molecule has 0 atom stereocenters. The van der Waals surface area contributed by atoms with E-state index in [0.717, 1.165) is 30.4 Å². The number of carbonyl (C=O) groups is 2. The van der Waals surface area contributed by atoms with E-state index in [1.165, 1.54) is 6.07 Å². The molecular formula is C19H14N2O5S.